The van der Waals surface area contributed by atoms with E-state index in [-0.39, 0.29) is 16.1 Å². The van der Waals surface area contributed by atoms with Gasteiger partial charge in [0, 0.05) is 5.56 Å². The topological polar surface area (TPSA) is 47.0 Å². The maximum atomic E-state index is 12.3. The van der Waals surface area contributed by atoms with Crippen LogP contribution in [0.4, 0.5) is 0 Å². The van der Waals surface area contributed by atoms with E-state index in [4.69, 9.17) is 23.2 Å². The molecule has 0 spiro atoms. The van der Waals surface area contributed by atoms with Gasteiger partial charge < -0.3 is 0 Å². The zero-order valence-corrected chi connectivity index (χ0v) is 12.9. The molecular formula is C13H15Cl2NO2S. The highest BCUT2D eigenvalue weighted by molar-refractivity contribution is 7.91. The third-order valence-corrected chi connectivity index (χ3v) is 6.17. The molecule has 0 bridgehead atoms. The van der Waals surface area contributed by atoms with Gasteiger partial charge in [0.1, 0.15) is 10.3 Å². The summed E-state index contributed by atoms with van der Waals surface area (Å²) >= 11 is 12.0. The highest BCUT2D eigenvalue weighted by Crippen LogP contribution is 2.45. The van der Waals surface area contributed by atoms with E-state index in [9.17, 15) is 8.42 Å². The molecule has 1 atom stereocenters. The largest absolute Gasteiger partial charge is 0.228 e. The van der Waals surface area contributed by atoms with Crippen LogP contribution in [-0.2, 0) is 15.6 Å². The van der Waals surface area contributed by atoms with Crippen LogP contribution in [0.3, 0.4) is 0 Å². The molecule has 0 saturated carbocycles. The monoisotopic (exact) mass is 319 g/mol. The Labute approximate surface area is 123 Å². The Morgan fingerprint density at radius 3 is 2.74 bits per heavy atom. The summed E-state index contributed by atoms with van der Waals surface area (Å²) in [6.45, 7) is 5.45. The van der Waals surface area contributed by atoms with Crippen molar-refractivity contribution < 1.29 is 8.42 Å². The van der Waals surface area contributed by atoms with Crippen molar-refractivity contribution in [2.75, 3.05) is 0 Å². The number of nitrogens with zero attached hydrogens (tertiary/aromatic N) is 1. The molecule has 0 N–H and O–H groups in total. The minimum absolute atomic E-state index is 0.0368. The SMILES string of the molecule is C=CCCCC1c2c(C)c(Cl)nc(Cl)c2CS1(=O)=O. The molecule has 104 valence electrons. The summed E-state index contributed by atoms with van der Waals surface area (Å²) in [6.07, 6.45) is 3.94. The number of hydrogen-bond acceptors (Lipinski definition) is 3. The van der Waals surface area contributed by atoms with Crippen LogP contribution < -0.4 is 0 Å². The smallest absolute Gasteiger partial charge is 0.161 e. The number of unbranched alkanes of at least 4 members (excludes halogenated alkanes) is 1. The van der Waals surface area contributed by atoms with Crippen LogP contribution in [0.15, 0.2) is 12.7 Å². The number of hydrogen-bond donors (Lipinski definition) is 0. The average Bonchev–Trinajstić information content (AvgIpc) is 2.60. The van der Waals surface area contributed by atoms with E-state index in [1.165, 1.54) is 0 Å². The fourth-order valence-electron chi connectivity index (χ4n) is 2.51. The van der Waals surface area contributed by atoms with Gasteiger partial charge in [0.15, 0.2) is 9.84 Å². The van der Waals surface area contributed by atoms with Gasteiger partial charge in [-0.15, -0.1) is 6.58 Å². The van der Waals surface area contributed by atoms with Crippen LogP contribution in [0.2, 0.25) is 10.3 Å². The van der Waals surface area contributed by atoms with Crippen LogP contribution in [0, 0.1) is 6.92 Å². The molecule has 1 aliphatic rings. The lowest BCUT2D eigenvalue weighted by Gasteiger charge is -2.14. The predicted molar refractivity (Wildman–Crippen MR) is 78.4 cm³/mol. The van der Waals surface area contributed by atoms with Crippen molar-refractivity contribution in [2.45, 2.75) is 37.2 Å². The van der Waals surface area contributed by atoms with Crippen molar-refractivity contribution in [1.29, 1.82) is 0 Å². The fourth-order valence-corrected chi connectivity index (χ4v) is 5.17. The van der Waals surface area contributed by atoms with E-state index in [0.29, 0.717) is 12.0 Å². The Hall–Kier alpha value is -0.580. The molecule has 0 aliphatic carbocycles. The number of aromatic nitrogens is 1. The fraction of sp³-hybridized carbons (Fsp3) is 0.462. The van der Waals surface area contributed by atoms with Crippen LogP contribution in [0.5, 0.6) is 0 Å². The van der Waals surface area contributed by atoms with Gasteiger partial charge in [-0.05, 0) is 37.3 Å². The van der Waals surface area contributed by atoms with E-state index in [1.54, 1.807) is 13.0 Å². The van der Waals surface area contributed by atoms with E-state index in [0.717, 1.165) is 24.0 Å². The first-order chi connectivity index (χ1) is 8.88. The van der Waals surface area contributed by atoms with E-state index < -0.39 is 15.1 Å². The second-order valence-corrected chi connectivity index (χ2v) is 7.63. The zero-order valence-electron chi connectivity index (χ0n) is 10.6. The summed E-state index contributed by atoms with van der Waals surface area (Å²) < 4.78 is 24.5. The average molecular weight is 320 g/mol. The third kappa shape index (κ3) is 2.67. The van der Waals surface area contributed by atoms with Crippen molar-refractivity contribution in [3.63, 3.8) is 0 Å². The van der Waals surface area contributed by atoms with Crippen LogP contribution in [0.25, 0.3) is 0 Å². The van der Waals surface area contributed by atoms with Gasteiger partial charge in [0.25, 0.3) is 0 Å². The van der Waals surface area contributed by atoms with Gasteiger partial charge in [0.05, 0.1) is 11.0 Å². The Morgan fingerprint density at radius 1 is 1.42 bits per heavy atom. The zero-order chi connectivity index (χ0) is 14.2. The first-order valence-electron chi connectivity index (χ1n) is 6.05. The van der Waals surface area contributed by atoms with Crippen molar-refractivity contribution in [3.05, 3.63) is 39.7 Å². The lowest BCUT2D eigenvalue weighted by Crippen LogP contribution is -2.08. The number of pyridine rings is 1. The lowest BCUT2D eigenvalue weighted by molar-refractivity contribution is 0.576. The molecule has 0 amide bonds. The molecule has 1 unspecified atom stereocenters. The van der Waals surface area contributed by atoms with Gasteiger partial charge in [-0.25, -0.2) is 13.4 Å². The molecule has 19 heavy (non-hydrogen) atoms. The molecule has 0 radical (unpaired) electrons. The highest BCUT2D eigenvalue weighted by atomic mass is 35.5. The van der Waals surface area contributed by atoms with Gasteiger partial charge in [-0.2, -0.15) is 0 Å². The number of fused-ring (bicyclic) bond motifs is 1. The Morgan fingerprint density at radius 2 is 2.11 bits per heavy atom. The molecular weight excluding hydrogens is 305 g/mol. The van der Waals surface area contributed by atoms with Crippen molar-refractivity contribution >= 4 is 33.0 Å². The second kappa shape index (κ2) is 5.43. The molecule has 2 heterocycles. The Balaban J connectivity index is 2.49. The summed E-state index contributed by atoms with van der Waals surface area (Å²) in [4.78, 5) is 3.99. The molecule has 1 aliphatic heterocycles. The quantitative estimate of drug-likeness (QED) is 0.478. The Kier molecular flexibility index (Phi) is 4.23. The third-order valence-electron chi connectivity index (χ3n) is 3.46. The Bertz CT molecular complexity index is 626. The van der Waals surface area contributed by atoms with Crippen molar-refractivity contribution in [3.8, 4) is 0 Å². The van der Waals surface area contributed by atoms with E-state index in [1.807, 2.05) is 0 Å². The van der Waals surface area contributed by atoms with Gasteiger partial charge in [-0.1, -0.05) is 29.3 Å². The predicted octanol–water partition coefficient (Wildman–Crippen LogP) is 4.02. The number of allylic oxidation sites excluding steroid dienone is 1. The van der Waals surface area contributed by atoms with Crippen LogP contribution in [-0.4, -0.2) is 13.4 Å². The van der Waals surface area contributed by atoms with Crippen LogP contribution >= 0.6 is 23.2 Å². The molecule has 1 aromatic heterocycles. The molecule has 0 saturated heterocycles. The molecule has 3 nitrogen and oxygen atoms in total. The lowest BCUT2D eigenvalue weighted by atomic mass is 9.99. The molecule has 1 aromatic rings. The van der Waals surface area contributed by atoms with E-state index >= 15 is 0 Å². The normalized spacial score (nSPS) is 20.3. The summed E-state index contributed by atoms with van der Waals surface area (Å²) in [5, 5.41) is -0.0181. The molecule has 0 aromatic carbocycles. The van der Waals surface area contributed by atoms with Crippen molar-refractivity contribution in [1.82, 2.24) is 4.98 Å². The van der Waals surface area contributed by atoms with Gasteiger partial charge in [0.2, 0.25) is 0 Å². The number of rotatable bonds is 4. The van der Waals surface area contributed by atoms with E-state index in [2.05, 4.69) is 11.6 Å². The maximum Gasteiger partial charge on any atom is 0.161 e. The summed E-state index contributed by atoms with van der Waals surface area (Å²) in [5.41, 5.74) is 2.10. The maximum absolute atomic E-state index is 12.3. The molecule has 2 rings (SSSR count). The van der Waals surface area contributed by atoms with Gasteiger partial charge in [-0.3, -0.25) is 0 Å². The summed E-state index contributed by atoms with van der Waals surface area (Å²) in [6, 6.07) is 0. The van der Waals surface area contributed by atoms with Crippen molar-refractivity contribution in [2.24, 2.45) is 0 Å². The first-order valence-corrected chi connectivity index (χ1v) is 8.52. The number of sulfone groups is 1. The second-order valence-electron chi connectivity index (χ2n) is 4.73. The summed E-state index contributed by atoms with van der Waals surface area (Å²) in [5.74, 6) is -0.0368. The summed E-state index contributed by atoms with van der Waals surface area (Å²) in [7, 11) is -3.21. The van der Waals surface area contributed by atoms with Gasteiger partial charge >= 0.3 is 0 Å². The first kappa shape index (κ1) is 14.8. The molecule has 6 heteroatoms. The highest BCUT2D eigenvalue weighted by Gasteiger charge is 2.39. The minimum Gasteiger partial charge on any atom is -0.228 e. The van der Waals surface area contributed by atoms with Crippen LogP contribution in [0.1, 0.15) is 41.2 Å². The number of halogens is 2. The molecule has 0 fully saturated rings. The standard InChI is InChI=1S/C13H15Cl2NO2S/c1-3-4-5-6-10-11-8(2)12(14)16-13(15)9(11)7-19(10,17)18/h3,10H,1,4-7H2,2H3. The minimum atomic E-state index is -3.21.